The predicted octanol–water partition coefficient (Wildman–Crippen LogP) is 5.05. The van der Waals surface area contributed by atoms with Crippen molar-refractivity contribution in [1.82, 2.24) is 25.0 Å². The third kappa shape index (κ3) is 5.56. The molecule has 2 aromatic carbocycles. The molecule has 11 heteroatoms. The van der Waals surface area contributed by atoms with Gasteiger partial charge in [-0.25, -0.2) is 4.68 Å². The molecule has 1 aliphatic heterocycles. The molecule has 1 saturated heterocycles. The number of aliphatic hydroxyl groups excluding tert-OH is 1. The normalized spacial score (nSPS) is 14.7. The fourth-order valence-electron chi connectivity index (χ4n) is 4.91. The molecule has 0 saturated carbocycles. The number of hydrogen-bond donors (Lipinski definition) is 3. The zero-order valence-electron chi connectivity index (χ0n) is 22.0. The van der Waals surface area contributed by atoms with Gasteiger partial charge < -0.3 is 20.5 Å². The zero-order chi connectivity index (χ0) is 28.2. The second-order valence-electron chi connectivity index (χ2n) is 9.81. The van der Waals surface area contributed by atoms with E-state index in [1.165, 1.54) is 6.20 Å². The molecule has 41 heavy (non-hydrogen) atoms. The molecule has 3 aromatic heterocycles. The quantitative estimate of drug-likeness (QED) is 0.212. The van der Waals surface area contributed by atoms with Crippen LogP contribution >= 0.6 is 11.6 Å². The topological polar surface area (TPSA) is 134 Å². The fraction of sp³-hybridized carbons (Fsp3) is 0.233. The third-order valence-corrected chi connectivity index (χ3v) is 7.42. The highest BCUT2D eigenvalue weighted by atomic mass is 35.5. The van der Waals surface area contributed by atoms with Crippen LogP contribution in [-0.4, -0.2) is 49.9 Å². The van der Waals surface area contributed by atoms with Crippen LogP contribution in [0.2, 0.25) is 5.02 Å². The molecule has 1 fully saturated rings. The van der Waals surface area contributed by atoms with Crippen LogP contribution in [0.1, 0.15) is 46.9 Å². The maximum Gasteiger partial charge on any atom is 0.110 e. The standard InChI is InChI=1S/C30H27ClN8O2/c31-25-12-22(35-29(20-7-4-9-33-14-20)27-16-39(38-37-27)23-17-41-18-23)11-24-28(21(13-32)15-34-30(24)25)36-26(8-10-40)19-5-2-1-3-6-19/h1-7,9,11-12,14-16,23,26,29,35,40H,8,10,17-18H2,(H,34,36). The van der Waals surface area contributed by atoms with E-state index < -0.39 is 0 Å². The predicted molar refractivity (Wildman–Crippen MR) is 156 cm³/mol. The highest BCUT2D eigenvalue weighted by molar-refractivity contribution is 6.35. The van der Waals surface area contributed by atoms with E-state index in [-0.39, 0.29) is 24.7 Å². The second-order valence-corrected chi connectivity index (χ2v) is 10.2. The molecule has 0 amide bonds. The van der Waals surface area contributed by atoms with Gasteiger partial charge in [-0.05, 0) is 35.7 Å². The van der Waals surface area contributed by atoms with Crippen LogP contribution in [0.25, 0.3) is 10.9 Å². The molecule has 10 nitrogen and oxygen atoms in total. The lowest BCUT2D eigenvalue weighted by Crippen LogP contribution is -2.31. The Morgan fingerprint density at radius 3 is 2.63 bits per heavy atom. The van der Waals surface area contributed by atoms with Crippen molar-refractivity contribution in [3.63, 3.8) is 0 Å². The maximum absolute atomic E-state index is 9.98. The maximum atomic E-state index is 9.98. The SMILES string of the molecule is N#Cc1cnc2c(Cl)cc(NC(c3cccnc3)c3cn(C4COC4)nn3)cc2c1NC(CCO)c1ccccc1. The van der Waals surface area contributed by atoms with E-state index in [4.69, 9.17) is 16.3 Å². The number of pyridine rings is 2. The number of rotatable bonds is 10. The molecular formula is C30H27ClN8O2. The molecule has 2 atom stereocenters. The molecule has 0 bridgehead atoms. The number of nitrogens with zero attached hydrogens (tertiary/aromatic N) is 6. The lowest BCUT2D eigenvalue weighted by atomic mass is 10.0. The van der Waals surface area contributed by atoms with Gasteiger partial charge in [-0.3, -0.25) is 9.97 Å². The number of benzene rings is 2. The molecule has 206 valence electrons. The van der Waals surface area contributed by atoms with E-state index in [0.717, 1.165) is 16.8 Å². The van der Waals surface area contributed by atoms with Gasteiger partial charge in [0.2, 0.25) is 0 Å². The number of nitriles is 1. The number of fused-ring (bicyclic) bond motifs is 1. The lowest BCUT2D eigenvalue weighted by molar-refractivity contribution is -0.0293. The Morgan fingerprint density at radius 2 is 1.93 bits per heavy atom. The summed E-state index contributed by atoms with van der Waals surface area (Å²) in [6.45, 7) is 1.20. The van der Waals surface area contributed by atoms with Crippen LogP contribution in [0, 0.1) is 11.3 Å². The average Bonchev–Trinajstić information content (AvgIpc) is 3.45. The van der Waals surface area contributed by atoms with Crippen molar-refractivity contribution in [2.75, 3.05) is 30.5 Å². The van der Waals surface area contributed by atoms with E-state index in [1.54, 1.807) is 12.4 Å². The first-order valence-corrected chi connectivity index (χ1v) is 13.6. The molecule has 0 aliphatic carbocycles. The number of aliphatic hydroxyl groups is 1. The van der Waals surface area contributed by atoms with Crippen molar-refractivity contribution in [1.29, 1.82) is 5.26 Å². The smallest absolute Gasteiger partial charge is 0.110 e. The van der Waals surface area contributed by atoms with Gasteiger partial charge in [0.05, 0.1) is 53.3 Å². The van der Waals surface area contributed by atoms with E-state index in [2.05, 4.69) is 37.0 Å². The van der Waals surface area contributed by atoms with E-state index in [0.29, 0.717) is 52.5 Å². The first-order chi connectivity index (χ1) is 20.1. The minimum atomic E-state index is -0.373. The van der Waals surface area contributed by atoms with Crippen molar-refractivity contribution >= 4 is 33.9 Å². The Balaban J connectivity index is 1.41. The van der Waals surface area contributed by atoms with Gasteiger partial charge in [-0.2, -0.15) is 5.26 Å². The van der Waals surface area contributed by atoms with E-state index >= 15 is 0 Å². The largest absolute Gasteiger partial charge is 0.396 e. The molecule has 0 radical (unpaired) electrons. The Labute approximate surface area is 241 Å². The van der Waals surface area contributed by atoms with Crippen LogP contribution < -0.4 is 10.6 Å². The Bertz CT molecular complexity index is 1690. The van der Waals surface area contributed by atoms with Crippen LogP contribution in [0.3, 0.4) is 0 Å². The van der Waals surface area contributed by atoms with Gasteiger partial charge in [0, 0.05) is 36.3 Å². The summed E-state index contributed by atoms with van der Waals surface area (Å²) in [5.41, 5.74) is 4.84. The van der Waals surface area contributed by atoms with Crippen molar-refractivity contribution in [2.24, 2.45) is 0 Å². The molecule has 6 rings (SSSR count). The molecule has 1 aliphatic rings. The van der Waals surface area contributed by atoms with Crippen LogP contribution in [0.15, 0.2) is 79.4 Å². The van der Waals surface area contributed by atoms with E-state index in [9.17, 15) is 10.4 Å². The molecule has 3 N–H and O–H groups in total. The van der Waals surface area contributed by atoms with Crippen molar-refractivity contribution in [3.05, 3.63) is 107 Å². The third-order valence-electron chi connectivity index (χ3n) is 7.13. The molecule has 2 unspecified atom stereocenters. The summed E-state index contributed by atoms with van der Waals surface area (Å²) in [6.07, 6.45) is 7.40. The average molecular weight is 567 g/mol. The Kier molecular flexibility index (Phi) is 7.73. The fourth-order valence-corrected chi connectivity index (χ4v) is 5.18. The van der Waals surface area contributed by atoms with Gasteiger partial charge in [0.15, 0.2) is 0 Å². The molecular weight excluding hydrogens is 540 g/mol. The minimum absolute atomic E-state index is 0.0223. The number of anilines is 2. The monoisotopic (exact) mass is 566 g/mol. The van der Waals surface area contributed by atoms with Crippen molar-refractivity contribution in [2.45, 2.75) is 24.5 Å². The van der Waals surface area contributed by atoms with Crippen LogP contribution in [0.5, 0.6) is 0 Å². The van der Waals surface area contributed by atoms with Crippen LogP contribution in [-0.2, 0) is 4.74 Å². The first kappa shape index (κ1) is 26.7. The Morgan fingerprint density at radius 1 is 1.10 bits per heavy atom. The summed E-state index contributed by atoms with van der Waals surface area (Å²) in [6, 6.07) is 19.2. The van der Waals surface area contributed by atoms with Gasteiger partial charge in [0.25, 0.3) is 0 Å². The summed E-state index contributed by atoms with van der Waals surface area (Å²) < 4.78 is 7.14. The highest BCUT2D eigenvalue weighted by Gasteiger charge is 2.25. The number of hydrogen-bond acceptors (Lipinski definition) is 9. The number of ether oxygens (including phenoxy) is 1. The molecule has 0 spiro atoms. The summed E-state index contributed by atoms with van der Waals surface area (Å²) in [4.78, 5) is 8.80. The molecule has 4 heterocycles. The van der Waals surface area contributed by atoms with Gasteiger partial charge in [0.1, 0.15) is 17.8 Å². The van der Waals surface area contributed by atoms with Crippen molar-refractivity contribution < 1.29 is 9.84 Å². The van der Waals surface area contributed by atoms with Crippen LogP contribution in [0.4, 0.5) is 11.4 Å². The number of halogens is 1. The Hall–Kier alpha value is -4.56. The van der Waals surface area contributed by atoms with E-state index in [1.807, 2.05) is 65.5 Å². The van der Waals surface area contributed by atoms with Gasteiger partial charge in [-0.15, -0.1) is 5.10 Å². The summed E-state index contributed by atoms with van der Waals surface area (Å²) >= 11 is 6.78. The van der Waals surface area contributed by atoms with Gasteiger partial charge >= 0.3 is 0 Å². The van der Waals surface area contributed by atoms with Gasteiger partial charge in [-0.1, -0.05) is 53.2 Å². The lowest BCUT2D eigenvalue weighted by Gasteiger charge is -2.25. The summed E-state index contributed by atoms with van der Waals surface area (Å²) in [7, 11) is 0. The second kappa shape index (κ2) is 11.9. The molecule has 5 aromatic rings. The van der Waals surface area contributed by atoms with Crippen molar-refractivity contribution in [3.8, 4) is 6.07 Å². The number of aromatic nitrogens is 5. The minimum Gasteiger partial charge on any atom is -0.396 e. The summed E-state index contributed by atoms with van der Waals surface area (Å²) in [5.74, 6) is 0. The number of nitrogens with one attached hydrogen (secondary N) is 2. The first-order valence-electron chi connectivity index (χ1n) is 13.2. The summed E-state index contributed by atoms with van der Waals surface area (Å²) in [5, 5.41) is 36.7. The highest BCUT2D eigenvalue weighted by Crippen LogP contribution is 2.37. The zero-order valence-corrected chi connectivity index (χ0v) is 22.7.